The summed E-state index contributed by atoms with van der Waals surface area (Å²) in [5, 5.41) is 9.02. The Morgan fingerprint density at radius 2 is 0.767 bits per heavy atom. The normalized spacial score (nSPS) is 13.2. The molecule has 5 rings (SSSR count). The Hall–Kier alpha value is -2.34. The van der Waals surface area contributed by atoms with Crippen molar-refractivity contribution in [1.29, 1.82) is 0 Å². The van der Waals surface area contributed by atoms with Crippen LogP contribution in [0.1, 0.15) is 101 Å². The van der Waals surface area contributed by atoms with E-state index in [-0.39, 0.29) is 0 Å². The van der Waals surface area contributed by atoms with Crippen molar-refractivity contribution in [3.05, 3.63) is 58.7 Å². The quantitative estimate of drug-likeness (QED) is 0.266. The maximum atomic E-state index is 2.54. The molecule has 0 nitrogen and oxygen atoms in total. The molecule has 0 spiro atoms. The van der Waals surface area contributed by atoms with Crippen LogP contribution in [0.3, 0.4) is 0 Å². The van der Waals surface area contributed by atoms with Gasteiger partial charge in [0.05, 0.1) is 0 Å². The number of hydrogen-bond donors (Lipinski definition) is 0. The van der Waals surface area contributed by atoms with E-state index in [0.717, 1.165) is 0 Å². The Labute approximate surface area is 181 Å². The predicted octanol–water partition coefficient (Wildman–Crippen LogP) is 9.62. The van der Waals surface area contributed by atoms with Gasteiger partial charge in [0.15, 0.2) is 0 Å². The molecule has 0 saturated carbocycles. The van der Waals surface area contributed by atoms with Gasteiger partial charge in [-0.25, -0.2) is 0 Å². The maximum Gasteiger partial charge on any atom is -0.000836 e. The zero-order valence-corrected chi connectivity index (χ0v) is 19.8. The highest BCUT2D eigenvalue weighted by molar-refractivity contribution is 6.34. The summed E-state index contributed by atoms with van der Waals surface area (Å²) in [6.07, 6.45) is 0. The molecule has 0 atom stereocenters. The molecule has 0 unspecified atom stereocenters. The van der Waals surface area contributed by atoms with Crippen molar-refractivity contribution in [1.82, 2.24) is 0 Å². The lowest BCUT2D eigenvalue weighted by Crippen LogP contribution is -2.00. The number of fused-ring (bicyclic) bond motifs is 1. The fraction of sp³-hybridized carbons (Fsp3) is 0.400. The van der Waals surface area contributed by atoms with Crippen molar-refractivity contribution in [2.75, 3.05) is 0 Å². The van der Waals surface area contributed by atoms with E-state index in [2.05, 4.69) is 91.8 Å². The molecule has 4 aromatic rings. The third-order valence-corrected chi connectivity index (χ3v) is 7.26. The topological polar surface area (TPSA) is 0 Å². The Kier molecular flexibility index (Phi) is 4.30. The first-order valence-corrected chi connectivity index (χ1v) is 11.7. The van der Waals surface area contributed by atoms with E-state index in [0.29, 0.717) is 23.7 Å². The predicted molar refractivity (Wildman–Crippen MR) is 134 cm³/mol. The summed E-state index contributed by atoms with van der Waals surface area (Å²) in [5.74, 6) is 2.06. The van der Waals surface area contributed by atoms with Gasteiger partial charge in [-0.05, 0) is 102 Å². The van der Waals surface area contributed by atoms with Gasteiger partial charge in [0.25, 0.3) is 0 Å². The van der Waals surface area contributed by atoms with Gasteiger partial charge in [-0.1, -0.05) is 79.7 Å². The monoisotopic (exact) mass is 394 g/mol. The molecule has 0 aromatic heterocycles. The molecule has 0 radical (unpaired) electrons. The Balaban J connectivity index is 2.15. The van der Waals surface area contributed by atoms with Gasteiger partial charge in [0.2, 0.25) is 0 Å². The lowest BCUT2D eigenvalue weighted by molar-refractivity contribution is 0.852. The minimum absolute atomic E-state index is 0.505. The van der Waals surface area contributed by atoms with Crippen molar-refractivity contribution in [3.63, 3.8) is 0 Å². The van der Waals surface area contributed by atoms with Crippen molar-refractivity contribution in [3.8, 4) is 11.1 Å². The number of rotatable bonds is 4. The zero-order valence-electron chi connectivity index (χ0n) is 19.8. The minimum Gasteiger partial charge on any atom is -0.0587 e. The second-order valence-electron chi connectivity index (χ2n) is 10.6. The first-order chi connectivity index (χ1) is 14.2. The fourth-order valence-electron chi connectivity index (χ4n) is 5.77. The molecule has 1 aliphatic rings. The van der Waals surface area contributed by atoms with E-state index in [9.17, 15) is 0 Å². The van der Waals surface area contributed by atoms with Gasteiger partial charge in [-0.3, -0.25) is 0 Å². The van der Waals surface area contributed by atoms with Crippen molar-refractivity contribution in [2.24, 2.45) is 0 Å². The van der Waals surface area contributed by atoms with E-state index in [1.54, 1.807) is 0 Å². The number of benzene rings is 4. The van der Waals surface area contributed by atoms with Gasteiger partial charge >= 0.3 is 0 Å². The van der Waals surface area contributed by atoms with E-state index >= 15 is 0 Å². The summed E-state index contributed by atoms with van der Waals surface area (Å²) in [6, 6.07) is 14.6. The van der Waals surface area contributed by atoms with Crippen LogP contribution in [0.5, 0.6) is 0 Å². The molecule has 30 heavy (non-hydrogen) atoms. The minimum atomic E-state index is 0.505. The van der Waals surface area contributed by atoms with Gasteiger partial charge in [-0.15, -0.1) is 0 Å². The Morgan fingerprint density at radius 3 is 1.10 bits per heavy atom. The third-order valence-electron chi connectivity index (χ3n) is 7.26. The molecule has 0 amide bonds. The van der Waals surface area contributed by atoms with E-state index < -0.39 is 0 Å². The molecule has 4 aromatic carbocycles. The smallest absolute Gasteiger partial charge is 0.000836 e. The van der Waals surface area contributed by atoms with E-state index in [4.69, 9.17) is 0 Å². The molecule has 0 aliphatic heterocycles. The molecule has 0 bridgehead atoms. The molecule has 0 heteroatoms. The average molecular weight is 395 g/mol. The van der Waals surface area contributed by atoms with E-state index in [1.165, 1.54) is 65.7 Å². The SMILES string of the molecule is CC(C)c1ccc2c3c1cc(C(C)C)c1c(C(C)C)cc4c(C(C)C)ccc-2c4c13. The molecular weight excluding hydrogens is 360 g/mol. The Bertz CT molecular complexity index is 1230. The lowest BCUT2D eigenvalue weighted by atomic mass is 9.82. The van der Waals surface area contributed by atoms with Gasteiger partial charge in [-0.2, -0.15) is 0 Å². The largest absolute Gasteiger partial charge is 0.0587 e. The standard InChI is InChI=1S/C30H34/c1-15(2)19-9-11-21-22-12-10-20(16(3)4)26-14-24(18(7)8)29-23(17(5)6)13-25(19)27(21)30(29)28(22)26/h9-18H,1-8H3. The molecule has 0 fully saturated rings. The molecule has 1 aliphatic carbocycles. The summed E-state index contributed by atoms with van der Waals surface area (Å²) >= 11 is 0. The van der Waals surface area contributed by atoms with E-state index in [1.807, 2.05) is 0 Å². The summed E-state index contributed by atoms with van der Waals surface area (Å²) in [6.45, 7) is 18.7. The highest BCUT2D eigenvalue weighted by Gasteiger charge is 2.28. The highest BCUT2D eigenvalue weighted by atomic mass is 14.3. The molecule has 0 saturated heterocycles. The molecule has 154 valence electrons. The van der Waals surface area contributed by atoms with Crippen LogP contribution in [0.15, 0.2) is 36.4 Å². The maximum absolute atomic E-state index is 2.54. The third kappa shape index (κ3) is 2.46. The summed E-state index contributed by atoms with van der Waals surface area (Å²) < 4.78 is 0. The summed E-state index contributed by atoms with van der Waals surface area (Å²) in [5.41, 5.74) is 8.88. The summed E-state index contributed by atoms with van der Waals surface area (Å²) in [4.78, 5) is 0. The van der Waals surface area contributed by atoms with Crippen LogP contribution in [0.25, 0.3) is 43.4 Å². The van der Waals surface area contributed by atoms with Crippen molar-refractivity contribution in [2.45, 2.75) is 79.1 Å². The first kappa shape index (κ1) is 19.6. The van der Waals surface area contributed by atoms with Crippen LogP contribution in [0, 0.1) is 0 Å². The second-order valence-corrected chi connectivity index (χ2v) is 10.6. The lowest BCUT2D eigenvalue weighted by Gasteiger charge is -2.22. The zero-order chi connectivity index (χ0) is 21.5. The van der Waals surface area contributed by atoms with Crippen LogP contribution in [-0.4, -0.2) is 0 Å². The van der Waals surface area contributed by atoms with Crippen LogP contribution < -0.4 is 0 Å². The molecule has 0 N–H and O–H groups in total. The van der Waals surface area contributed by atoms with Crippen LogP contribution in [0.2, 0.25) is 0 Å². The summed E-state index contributed by atoms with van der Waals surface area (Å²) in [7, 11) is 0. The molecular formula is C30H34. The van der Waals surface area contributed by atoms with Crippen LogP contribution in [0.4, 0.5) is 0 Å². The van der Waals surface area contributed by atoms with Crippen LogP contribution >= 0.6 is 0 Å². The van der Waals surface area contributed by atoms with Gasteiger partial charge in [0.1, 0.15) is 0 Å². The van der Waals surface area contributed by atoms with Crippen molar-refractivity contribution < 1.29 is 0 Å². The number of hydrogen-bond acceptors (Lipinski definition) is 0. The fourth-order valence-corrected chi connectivity index (χ4v) is 5.77. The molecule has 0 heterocycles. The van der Waals surface area contributed by atoms with Crippen molar-refractivity contribution >= 4 is 32.3 Å². The van der Waals surface area contributed by atoms with Gasteiger partial charge in [0, 0.05) is 0 Å². The Morgan fingerprint density at radius 1 is 0.400 bits per heavy atom. The van der Waals surface area contributed by atoms with Gasteiger partial charge < -0.3 is 0 Å². The van der Waals surface area contributed by atoms with Crippen LogP contribution in [-0.2, 0) is 0 Å². The first-order valence-electron chi connectivity index (χ1n) is 11.7. The second kappa shape index (κ2) is 6.58. The average Bonchev–Trinajstić information content (AvgIpc) is 3.03. The highest BCUT2D eigenvalue weighted by Crippen LogP contribution is 2.53.